The van der Waals surface area contributed by atoms with E-state index in [1.807, 2.05) is 0 Å². The fourth-order valence-electron chi connectivity index (χ4n) is 1.85. The molecule has 110 valence electrons. The molecule has 0 fully saturated rings. The van der Waals surface area contributed by atoms with Crippen LogP contribution >= 0.6 is 11.3 Å². The highest BCUT2D eigenvalue weighted by Gasteiger charge is 2.22. The largest absolute Gasteiger partial charge is 0.374 e. The summed E-state index contributed by atoms with van der Waals surface area (Å²) in [6, 6.07) is 0. The van der Waals surface area contributed by atoms with E-state index >= 15 is 0 Å². The molecule has 0 atom stereocenters. The Balaban J connectivity index is 2.74. The van der Waals surface area contributed by atoms with Crippen LogP contribution in [0.2, 0.25) is 0 Å². The van der Waals surface area contributed by atoms with Gasteiger partial charge in [-0.2, -0.15) is 0 Å². The molecular formula is C15H28N2OS. The van der Waals surface area contributed by atoms with Crippen molar-refractivity contribution in [3.05, 3.63) is 15.6 Å². The lowest BCUT2D eigenvalue weighted by Crippen LogP contribution is -2.19. The van der Waals surface area contributed by atoms with E-state index in [4.69, 9.17) is 9.72 Å². The van der Waals surface area contributed by atoms with Crippen molar-refractivity contribution in [2.45, 2.75) is 66.0 Å². The van der Waals surface area contributed by atoms with Gasteiger partial charge in [-0.15, -0.1) is 11.3 Å². The fraction of sp³-hybridized carbons (Fsp3) is 0.800. The number of nitrogens with zero attached hydrogens (tertiary/aromatic N) is 1. The zero-order valence-electron chi connectivity index (χ0n) is 13.0. The molecule has 0 unspecified atom stereocenters. The highest BCUT2D eigenvalue weighted by atomic mass is 32.1. The summed E-state index contributed by atoms with van der Waals surface area (Å²) in [5.74, 6) is 0. The third kappa shape index (κ3) is 5.59. The Bertz CT molecular complexity index is 369. The minimum Gasteiger partial charge on any atom is -0.374 e. The summed E-state index contributed by atoms with van der Waals surface area (Å²) >= 11 is 1.79. The molecule has 0 aromatic carbocycles. The topological polar surface area (TPSA) is 34.1 Å². The van der Waals surface area contributed by atoms with Gasteiger partial charge in [0.05, 0.1) is 12.3 Å². The Morgan fingerprint density at radius 1 is 1.21 bits per heavy atom. The molecule has 0 radical (unpaired) electrons. The molecule has 0 amide bonds. The van der Waals surface area contributed by atoms with E-state index in [1.54, 1.807) is 11.3 Å². The van der Waals surface area contributed by atoms with Crippen LogP contribution in [0, 0.1) is 0 Å². The van der Waals surface area contributed by atoms with Crippen molar-refractivity contribution in [1.29, 1.82) is 0 Å². The molecule has 1 aromatic heterocycles. The molecule has 1 rings (SSSR count). The van der Waals surface area contributed by atoms with Crippen LogP contribution < -0.4 is 5.32 Å². The maximum absolute atomic E-state index is 5.60. The van der Waals surface area contributed by atoms with Crippen LogP contribution in [0.15, 0.2) is 0 Å². The van der Waals surface area contributed by atoms with Crippen molar-refractivity contribution in [3.8, 4) is 0 Å². The molecule has 0 spiro atoms. The summed E-state index contributed by atoms with van der Waals surface area (Å²) in [6.07, 6.45) is 2.22. The Morgan fingerprint density at radius 3 is 2.53 bits per heavy atom. The van der Waals surface area contributed by atoms with Crippen molar-refractivity contribution in [1.82, 2.24) is 10.3 Å². The molecule has 4 heteroatoms. The number of nitrogens with one attached hydrogen (secondary N) is 1. The van der Waals surface area contributed by atoms with E-state index in [0.29, 0.717) is 6.61 Å². The number of rotatable bonds is 8. The smallest absolute Gasteiger partial charge is 0.119 e. The van der Waals surface area contributed by atoms with Gasteiger partial charge < -0.3 is 10.1 Å². The molecule has 0 saturated carbocycles. The zero-order chi connectivity index (χ0) is 14.3. The number of ether oxygens (including phenoxy) is 1. The Hall–Kier alpha value is -0.450. The Kier molecular flexibility index (Phi) is 6.97. The van der Waals surface area contributed by atoms with E-state index in [-0.39, 0.29) is 5.41 Å². The van der Waals surface area contributed by atoms with Gasteiger partial charge in [0.2, 0.25) is 0 Å². The Morgan fingerprint density at radius 2 is 1.95 bits per heavy atom. The van der Waals surface area contributed by atoms with Crippen LogP contribution in [0.1, 0.15) is 63.0 Å². The van der Waals surface area contributed by atoms with E-state index in [9.17, 15) is 0 Å². The molecule has 1 N–H and O–H groups in total. The lowest BCUT2D eigenvalue weighted by Gasteiger charge is -2.17. The van der Waals surface area contributed by atoms with Gasteiger partial charge in [-0.25, -0.2) is 4.98 Å². The van der Waals surface area contributed by atoms with Crippen LogP contribution in [0.3, 0.4) is 0 Å². The fourth-order valence-corrected chi connectivity index (χ4v) is 3.04. The third-order valence-corrected chi connectivity index (χ3v) is 3.77. The molecule has 1 aromatic rings. The number of thiazole rings is 1. The van der Waals surface area contributed by atoms with Crippen LogP contribution in [0.5, 0.6) is 0 Å². The first-order chi connectivity index (χ1) is 8.99. The minimum absolute atomic E-state index is 0.0999. The first kappa shape index (κ1) is 16.6. The summed E-state index contributed by atoms with van der Waals surface area (Å²) in [5.41, 5.74) is 1.32. The summed E-state index contributed by atoms with van der Waals surface area (Å²) in [4.78, 5) is 6.14. The summed E-state index contributed by atoms with van der Waals surface area (Å²) < 4.78 is 5.60. The monoisotopic (exact) mass is 284 g/mol. The lowest BCUT2D eigenvalue weighted by atomic mass is 9.91. The van der Waals surface area contributed by atoms with Gasteiger partial charge in [0.15, 0.2) is 0 Å². The lowest BCUT2D eigenvalue weighted by molar-refractivity contribution is 0.121. The standard InChI is InChI=1S/C15H28N2OS/c1-6-8-16-10-12-14(15(3,4)5)17-13(19-12)11-18-9-7-2/h16H,6-11H2,1-5H3. The third-order valence-electron chi connectivity index (χ3n) is 2.74. The van der Waals surface area contributed by atoms with Gasteiger partial charge >= 0.3 is 0 Å². The molecule has 3 nitrogen and oxygen atoms in total. The maximum Gasteiger partial charge on any atom is 0.119 e. The highest BCUT2D eigenvalue weighted by Crippen LogP contribution is 2.30. The van der Waals surface area contributed by atoms with Crippen molar-refractivity contribution < 1.29 is 4.74 Å². The molecule has 0 saturated heterocycles. The predicted octanol–water partition coefficient (Wildman–Crippen LogP) is 3.87. The van der Waals surface area contributed by atoms with Crippen LogP contribution in [-0.4, -0.2) is 18.1 Å². The van der Waals surface area contributed by atoms with Crippen molar-refractivity contribution in [2.24, 2.45) is 0 Å². The quantitative estimate of drug-likeness (QED) is 0.736. The molecule has 1 heterocycles. The van der Waals surface area contributed by atoms with Gasteiger partial charge in [0.1, 0.15) is 5.01 Å². The number of hydrogen-bond acceptors (Lipinski definition) is 4. The van der Waals surface area contributed by atoms with E-state index in [0.717, 1.165) is 37.5 Å². The van der Waals surface area contributed by atoms with E-state index in [2.05, 4.69) is 39.9 Å². The van der Waals surface area contributed by atoms with Crippen LogP contribution in [0.4, 0.5) is 0 Å². The van der Waals surface area contributed by atoms with Crippen molar-refractivity contribution in [2.75, 3.05) is 13.2 Å². The highest BCUT2D eigenvalue weighted by molar-refractivity contribution is 7.11. The van der Waals surface area contributed by atoms with Crippen LogP contribution in [-0.2, 0) is 23.3 Å². The second-order valence-corrected chi connectivity index (χ2v) is 7.03. The zero-order valence-corrected chi connectivity index (χ0v) is 13.8. The normalized spacial score (nSPS) is 12.1. The molecule has 0 bridgehead atoms. The van der Waals surface area contributed by atoms with Crippen LogP contribution in [0.25, 0.3) is 0 Å². The van der Waals surface area contributed by atoms with Crippen molar-refractivity contribution >= 4 is 11.3 Å². The Labute approximate surface area is 121 Å². The van der Waals surface area contributed by atoms with Gasteiger partial charge in [-0.05, 0) is 19.4 Å². The first-order valence-electron chi connectivity index (χ1n) is 7.26. The van der Waals surface area contributed by atoms with E-state index < -0.39 is 0 Å². The molecule has 19 heavy (non-hydrogen) atoms. The van der Waals surface area contributed by atoms with Crippen molar-refractivity contribution in [3.63, 3.8) is 0 Å². The SMILES string of the molecule is CCCNCc1sc(COCCC)nc1C(C)(C)C. The molecule has 0 aliphatic rings. The molecule has 0 aliphatic carbocycles. The predicted molar refractivity (Wildman–Crippen MR) is 82.8 cm³/mol. The summed E-state index contributed by atoms with van der Waals surface area (Å²) in [7, 11) is 0. The summed E-state index contributed by atoms with van der Waals surface area (Å²) in [5, 5.41) is 4.58. The second kappa shape index (κ2) is 7.98. The first-order valence-corrected chi connectivity index (χ1v) is 8.08. The van der Waals surface area contributed by atoms with Gasteiger partial charge in [-0.3, -0.25) is 0 Å². The number of aromatic nitrogens is 1. The van der Waals surface area contributed by atoms with Gasteiger partial charge in [0, 0.05) is 23.4 Å². The van der Waals surface area contributed by atoms with Gasteiger partial charge in [-0.1, -0.05) is 34.6 Å². The summed E-state index contributed by atoms with van der Waals surface area (Å²) in [6.45, 7) is 14.4. The minimum atomic E-state index is 0.0999. The molecule has 0 aliphatic heterocycles. The van der Waals surface area contributed by atoms with E-state index in [1.165, 1.54) is 10.6 Å². The number of hydrogen-bond donors (Lipinski definition) is 1. The molecular weight excluding hydrogens is 256 g/mol. The second-order valence-electron chi connectivity index (χ2n) is 5.86. The average Bonchev–Trinajstić information content (AvgIpc) is 2.73. The van der Waals surface area contributed by atoms with Gasteiger partial charge in [0.25, 0.3) is 0 Å². The average molecular weight is 284 g/mol. The maximum atomic E-state index is 5.60.